The van der Waals surface area contributed by atoms with E-state index >= 15 is 0 Å². The maximum atomic E-state index is 13.9. The van der Waals surface area contributed by atoms with Crippen molar-refractivity contribution in [1.82, 2.24) is 20.5 Å². The molecular formula is C22H21ClFN7O2. The molecule has 11 heteroatoms. The van der Waals surface area contributed by atoms with Crippen LogP contribution in [-0.2, 0) is 0 Å². The van der Waals surface area contributed by atoms with Crippen LogP contribution in [-0.4, -0.2) is 53.2 Å². The van der Waals surface area contributed by atoms with Crippen molar-refractivity contribution in [2.45, 2.75) is 6.42 Å². The van der Waals surface area contributed by atoms with E-state index < -0.39 is 17.6 Å². The molecule has 0 atom stereocenters. The van der Waals surface area contributed by atoms with Crippen molar-refractivity contribution < 1.29 is 14.0 Å². The molecule has 0 unspecified atom stereocenters. The monoisotopic (exact) mass is 469 g/mol. The number of rotatable bonds is 5. The predicted octanol–water partition coefficient (Wildman–Crippen LogP) is 2.97. The van der Waals surface area contributed by atoms with E-state index in [1.54, 1.807) is 18.2 Å². The lowest BCUT2D eigenvalue weighted by Gasteiger charge is -2.20. The molecular weight excluding hydrogens is 449 g/mol. The highest BCUT2D eigenvalue weighted by Crippen LogP contribution is 2.20. The van der Waals surface area contributed by atoms with Gasteiger partial charge in [-0.05, 0) is 55.4 Å². The molecule has 0 aliphatic carbocycles. The number of benzene rings is 1. The minimum absolute atomic E-state index is 0.0678. The van der Waals surface area contributed by atoms with Crippen LogP contribution in [0.1, 0.15) is 27.3 Å². The number of hydrogen-bond donors (Lipinski definition) is 3. The number of hydrogen-bond acceptors (Lipinski definition) is 7. The fourth-order valence-electron chi connectivity index (χ4n) is 3.32. The Hall–Kier alpha value is -3.63. The Bertz CT molecular complexity index is 1130. The van der Waals surface area contributed by atoms with Crippen molar-refractivity contribution in [3.63, 3.8) is 0 Å². The molecule has 1 aromatic carbocycles. The minimum atomic E-state index is -0.643. The maximum Gasteiger partial charge on any atom is 0.276 e. The van der Waals surface area contributed by atoms with Crippen LogP contribution in [0.15, 0.2) is 48.7 Å². The van der Waals surface area contributed by atoms with Gasteiger partial charge in [0.05, 0.1) is 16.3 Å². The van der Waals surface area contributed by atoms with Crippen LogP contribution in [0.3, 0.4) is 0 Å². The van der Waals surface area contributed by atoms with Gasteiger partial charge in [0.2, 0.25) is 0 Å². The van der Waals surface area contributed by atoms with Crippen LogP contribution >= 0.6 is 11.6 Å². The number of carbonyl (C=O) groups is 2. The van der Waals surface area contributed by atoms with Crippen molar-refractivity contribution in [2.24, 2.45) is 0 Å². The van der Waals surface area contributed by atoms with Crippen molar-refractivity contribution in [1.29, 1.82) is 0 Å². The summed E-state index contributed by atoms with van der Waals surface area (Å²) in [6.07, 6.45) is 2.36. The van der Waals surface area contributed by atoms with E-state index in [2.05, 4.69) is 36.0 Å². The van der Waals surface area contributed by atoms with Gasteiger partial charge in [0.25, 0.3) is 11.8 Å². The van der Waals surface area contributed by atoms with Gasteiger partial charge in [-0.15, -0.1) is 10.2 Å². The highest BCUT2D eigenvalue weighted by molar-refractivity contribution is 6.30. The summed E-state index contributed by atoms with van der Waals surface area (Å²) < 4.78 is 13.9. The van der Waals surface area contributed by atoms with Gasteiger partial charge in [0.1, 0.15) is 11.6 Å². The number of amides is 2. The fraction of sp³-hybridized carbons (Fsp3) is 0.227. The van der Waals surface area contributed by atoms with Gasteiger partial charge in [-0.3, -0.25) is 9.59 Å². The van der Waals surface area contributed by atoms with E-state index in [9.17, 15) is 14.0 Å². The van der Waals surface area contributed by atoms with Crippen molar-refractivity contribution in [3.05, 3.63) is 70.8 Å². The molecule has 33 heavy (non-hydrogen) atoms. The third-order valence-electron chi connectivity index (χ3n) is 4.99. The van der Waals surface area contributed by atoms with Crippen LogP contribution in [0.4, 0.5) is 21.7 Å². The molecule has 2 aromatic heterocycles. The highest BCUT2D eigenvalue weighted by atomic mass is 35.5. The molecule has 0 bridgehead atoms. The van der Waals surface area contributed by atoms with Gasteiger partial charge < -0.3 is 20.9 Å². The van der Waals surface area contributed by atoms with Gasteiger partial charge in [-0.2, -0.15) is 0 Å². The summed E-state index contributed by atoms with van der Waals surface area (Å²) in [7, 11) is 0. The Kier molecular flexibility index (Phi) is 7.06. The summed E-state index contributed by atoms with van der Waals surface area (Å²) >= 11 is 5.80. The zero-order chi connectivity index (χ0) is 23.2. The molecule has 0 spiro atoms. The fourth-order valence-corrected chi connectivity index (χ4v) is 3.43. The minimum Gasteiger partial charge on any atom is -0.354 e. The van der Waals surface area contributed by atoms with E-state index in [0.717, 1.165) is 44.7 Å². The van der Waals surface area contributed by atoms with Gasteiger partial charge in [0.15, 0.2) is 11.5 Å². The van der Waals surface area contributed by atoms with Crippen LogP contribution in [0, 0.1) is 5.82 Å². The number of pyridine rings is 1. The first-order chi connectivity index (χ1) is 16.0. The number of anilines is 3. The zero-order valence-electron chi connectivity index (χ0n) is 17.5. The Morgan fingerprint density at radius 2 is 1.88 bits per heavy atom. The molecule has 3 aromatic rings. The normalized spacial score (nSPS) is 13.8. The smallest absolute Gasteiger partial charge is 0.276 e. The van der Waals surface area contributed by atoms with E-state index in [4.69, 9.17) is 11.6 Å². The first kappa shape index (κ1) is 22.6. The van der Waals surface area contributed by atoms with E-state index in [1.807, 2.05) is 0 Å². The van der Waals surface area contributed by atoms with Crippen LogP contribution in [0.25, 0.3) is 0 Å². The number of aromatic nitrogens is 3. The number of carbonyl (C=O) groups excluding carboxylic acids is 2. The summed E-state index contributed by atoms with van der Waals surface area (Å²) in [5.74, 6) is -0.922. The molecule has 170 valence electrons. The van der Waals surface area contributed by atoms with E-state index in [-0.39, 0.29) is 22.8 Å². The second-order valence-electron chi connectivity index (χ2n) is 7.33. The number of halogens is 2. The molecule has 1 aliphatic heterocycles. The Morgan fingerprint density at radius 1 is 1.00 bits per heavy atom. The molecule has 3 heterocycles. The first-order valence-corrected chi connectivity index (χ1v) is 10.7. The SMILES string of the molecule is O=C(Nc1ccc(F)cc1C(=O)Nc1ccc(Cl)cn1)c1ccc(N2CCCNCC2)nn1. The van der Waals surface area contributed by atoms with Crippen LogP contribution < -0.4 is 20.9 Å². The third-order valence-corrected chi connectivity index (χ3v) is 5.21. The summed E-state index contributed by atoms with van der Waals surface area (Å²) in [6, 6.07) is 9.86. The largest absolute Gasteiger partial charge is 0.354 e. The molecule has 1 fully saturated rings. The van der Waals surface area contributed by atoms with Crippen molar-refractivity contribution >= 4 is 40.7 Å². The maximum absolute atomic E-state index is 13.9. The van der Waals surface area contributed by atoms with Gasteiger partial charge in [-0.1, -0.05) is 11.6 Å². The standard InChI is InChI=1S/C22H21ClFN7O2/c23-14-2-6-19(26-13-14)28-21(32)16-12-15(24)3-4-17(16)27-22(33)18-5-7-20(30-29-18)31-10-1-8-25-9-11-31/h2-7,12-13,25H,1,8-11H2,(H,27,33)(H,26,28,32). The Labute approximate surface area is 194 Å². The second-order valence-corrected chi connectivity index (χ2v) is 7.76. The van der Waals surface area contributed by atoms with Gasteiger partial charge in [0, 0.05) is 25.8 Å². The Balaban J connectivity index is 1.48. The molecule has 9 nitrogen and oxygen atoms in total. The number of nitrogens with one attached hydrogen (secondary N) is 3. The molecule has 4 rings (SSSR count). The molecule has 0 saturated carbocycles. The average molecular weight is 470 g/mol. The molecule has 1 saturated heterocycles. The van der Waals surface area contributed by atoms with E-state index in [1.165, 1.54) is 18.3 Å². The second kappa shape index (κ2) is 10.3. The third kappa shape index (κ3) is 5.79. The Morgan fingerprint density at radius 3 is 2.64 bits per heavy atom. The zero-order valence-corrected chi connectivity index (χ0v) is 18.3. The molecule has 0 radical (unpaired) electrons. The van der Waals surface area contributed by atoms with Gasteiger partial charge in [-0.25, -0.2) is 9.37 Å². The molecule has 1 aliphatic rings. The molecule has 2 amide bonds. The van der Waals surface area contributed by atoms with Crippen LogP contribution in [0.5, 0.6) is 0 Å². The van der Waals surface area contributed by atoms with Crippen molar-refractivity contribution in [2.75, 3.05) is 41.7 Å². The summed E-state index contributed by atoms with van der Waals surface area (Å²) in [6.45, 7) is 3.46. The quantitative estimate of drug-likeness (QED) is 0.526. The van der Waals surface area contributed by atoms with Crippen molar-refractivity contribution in [3.8, 4) is 0 Å². The highest BCUT2D eigenvalue weighted by Gasteiger charge is 2.18. The first-order valence-electron chi connectivity index (χ1n) is 10.3. The number of nitrogens with zero attached hydrogens (tertiary/aromatic N) is 4. The van der Waals surface area contributed by atoms with E-state index in [0.29, 0.717) is 10.8 Å². The molecule has 3 N–H and O–H groups in total. The average Bonchev–Trinajstić information content (AvgIpc) is 3.11. The lowest BCUT2D eigenvalue weighted by molar-refractivity contribution is 0.102. The van der Waals surface area contributed by atoms with Crippen LogP contribution in [0.2, 0.25) is 5.02 Å². The van der Waals surface area contributed by atoms with Gasteiger partial charge >= 0.3 is 0 Å². The lowest BCUT2D eigenvalue weighted by atomic mass is 10.1. The summed E-state index contributed by atoms with van der Waals surface area (Å²) in [5.41, 5.74) is 0.126. The predicted molar refractivity (Wildman–Crippen MR) is 123 cm³/mol. The summed E-state index contributed by atoms with van der Waals surface area (Å²) in [5, 5.41) is 17.1. The summed E-state index contributed by atoms with van der Waals surface area (Å²) in [4.78, 5) is 31.5. The topological polar surface area (TPSA) is 112 Å². The lowest BCUT2D eigenvalue weighted by Crippen LogP contribution is -2.29.